The quantitative estimate of drug-likeness (QED) is 0.581. The second kappa shape index (κ2) is 5.60. The Hall–Kier alpha value is -2.94. The number of hydrogen-bond acceptors (Lipinski definition) is 2. The molecule has 3 heteroatoms. The Kier molecular flexibility index (Phi) is 3.42. The van der Waals surface area contributed by atoms with Crippen LogP contribution in [0.15, 0.2) is 72.8 Å². The van der Waals surface area contributed by atoms with Crippen molar-refractivity contribution in [3.8, 4) is 11.1 Å². The van der Waals surface area contributed by atoms with Gasteiger partial charge in [-0.05, 0) is 22.8 Å². The molecule has 3 nitrogen and oxygen atoms in total. The maximum absolute atomic E-state index is 4.35. The molecule has 0 radical (unpaired) electrons. The molecule has 0 aliphatic heterocycles. The summed E-state index contributed by atoms with van der Waals surface area (Å²) in [5.41, 5.74) is 6.58. The van der Waals surface area contributed by atoms with Gasteiger partial charge in [0.1, 0.15) is 11.0 Å². The Morgan fingerprint density at radius 3 is 2.25 bits per heavy atom. The van der Waals surface area contributed by atoms with Crippen LogP contribution < -0.4 is 0 Å². The molecule has 4 rings (SSSR count). The van der Waals surface area contributed by atoms with E-state index in [0.29, 0.717) is 0 Å². The molecule has 1 aromatic heterocycles. The minimum atomic E-state index is -0.107. The van der Waals surface area contributed by atoms with Gasteiger partial charge in [0.2, 0.25) is 0 Å². The van der Waals surface area contributed by atoms with Crippen LogP contribution in [0.1, 0.15) is 25.0 Å². The molecule has 0 saturated carbocycles. The van der Waals surface area contributed by atoms with Crippen molar-refractivity contribution in [3.63, 3.8) is 0 Å². The highest BCUT2D eigenvalue weighted by Gasteiger charge is 2.26. The number of rotatable bonds is 3. The SMILES string of the molecule is CC(C)(c1ccccc1)c1ccccc1-c1cccc2n[nH]nc12. The molecular weight excluding hydrogens is 294 g/mol. The second-order valence-corrected chi connectivity index (χ2v) is 6.53. The van der Waals surface area contributed by atoms with Crippen molar-refractivity contribution >= 4 is 11.0 Å². The van der Waals surface area contributed by atoms with E-state index in [2.05, 4.69) is 89.9 Å². The molecule has 0 bridgehead atoms. The van der Waals surface area contributed by atoms with Gasteiger partial charge in [0, 0.05) is 11.0 Å². The van der Waals surface area contributed by atoms with Crippen LogP contribution in [0.4, 0.5) is 0 Å². The third kappa shape index (κ3) is 2.29. The number of para-hydroxylation sites is 1. The number of benzene rings is 3. The first-order valence-corrected chi connectivity index (χ1v) is 8.13. The fraction of sp³-hybridized carbons (Fsp3) is 0.143. The van der Waals surface area contributed by atoms with Crippen LogP contribution in [0.2, 0.25) is 0 Å². The maximum atomic E-state index is 4.35. The van der Waals surface area contributed by atoms with Crippen LogP contribution in [0, 0.1) is 0 Å². The number of aromatic amines is 1. The zero-order valence-corrected chi connectivity index (χ0v) is 13.8. The summed E-state index contributed by atoms with van der Waals surface area (Å²) in [7, 11) is 0. The number of hydrogen-bond donors (Lipinski definition) is 1. The normalized spacial score (nSPS) is 11.8. The van der Waals surface area contributed by atoms with Gasteiger partial charge in [0.15, 0.2) is 0 Å². The Labute approximate surface area is 141 Å². The number of H-pyrrole nitrogens is 1. The monoisotopic (exact) mass is 313 g/mol. The standard InChI is InChI=1S/C21H19N3/c1-21(2,15-9-4-3-5-10-15)18-13-7-6-11-16(18)17-12-8-14-19-20(17)23-24-22-19/h3-14H,1-2H3,(H,22,23,24). The average molecular weight is 313 g/mol. The Morgan fingerprint density at radius 2 is 1.42 bits per heavy atom. The van der Waals surface area contributed by atoms with Crippen LogP contribution in [0.25, 0.3) is 22.2 Å². The molecule has 0 saturated heterocycles. The fourth-order valence-electron chi connectivity index (χ4n) is 3.36. The lowest BCUT2D eigenvalue weighted by atomic mass is 9.75. The lowest BCUT2D eigenvalue weighted by Gasteiger charge is -2.28. The van der Waals surface area contributed by atoms with Crippen LogP contribution in [0.3, 0.4) is 0 Å². The van der Waals surface area contributed by atoms with Gasteiger partial charge < -0.3 is 0 Å². The van der Waals surface area contributed by atoms with Crippen molar-refractivity contribution in [2.75, 3.05) is 0 Å². The van der Waals surface area contributed by atoms with Crippen LogP contribution in [0.5, 0.6) is 0 Å². The highest BCUT2D eigenvalue weighted by atomic mass is 15.3. The smallest absolute Gasteiger partial charge is 0.120 e. The molecule has 3 aromatic carbocycles. The summed E-state index contributed by atoms with van der Waals surface area (Å²) in [5, 5.41) is 11.3. The van der Waals surface area contributed by atoms with Gasteiger partial charge in [-0.2, -0.15) is 15.4 Å². The van der Waals surface area contributed by atoms with Crippen molar-refractivity contribution in [3.05, 3.63) is 83.9 Å². The first-order valence-electron chi connectivity index (χ1n) is 8.13. The van der Waals surface area contributed by atoms with Gasteiger partial charge in [-0.15, -0.1) is 0 Å². The molecule has 1 N–H and O–H groups in total. The summed E-state index contributed by atoms with van der Waals surface area (Å²) < 4.78 is 0. The van der Waals surface area contributed by atoms with Gasteiger partial charge in [-0.25, -0.2) is 0 Å². The van der Waals surface area contributed by atoms with Crippen molar-refractivity contribution in [1.29, 1.82) is 0 Å². The zero-order valence-electron chi connectivity index (χ0n) is 13.8. The van der Waals surface area contributed by atoms with Gasteiger partial charge in [-0.1, -0.05) is 80.6 Å². The van der Waals surface area contributed by atoms with E-state index in [1.165, 1.54) is 16.7 Å². The number of nitrogens with zero attached hydrogens (tertiary/aromatic N) is 2. The first kappa shape index (κ1) is 14.6. The third-order valence-electron chi connectivity index (χ3n) is 4.73. The van der Waals surface area contributed by atoms with Crippen LogP contribution >= 0.6 is 0 Å². The molecule has 0 spiro atoms. The second-order valence-electron chi connectivity index (χ2n) is 6.53. The van der Waals surface area contributed by atoms with Crippen LogP contribution in [-0.4, -0.2) is 15.4 Å². The Bertz CT molecular complexity index is 984. The molecule has 0 aliphatic carbocycles. The molecule has 0 aliphatic rings. The fourth-order valence-corrected chi connectivity index (χ4v) is 3.36. The van der Waals surface area contributed by atoms with Gasteiger partial charge in [0.25, 0.3) is 0 Å². The number of aromatic nitrogens is 3. The summed E-state index contributed by atoms with van der Waals surface area (Å²) in [5.74, 6) is 0. The van der Waals surface area contributed by atoms with Gasteiger partial charge in [0.05, 0.1) is 0 Å². The summed E-state index contributed by atoms with van der Waals surface area (Å²) in [4.78, 5) is 0. The molecule has 0 unspecified atom stereocenters. The molecule has 118 valence electrons. The summed E-state index contributed by atoms with van der Waals surface area (Å²) in [6, 6.07) is 25.3. The summed E-state index contributed by atoms with van der Waals surface area (Å²) in [6.45, 7) is 4.54. The van der Waals surface area contributed by atoms with E-state index in [9.17, 15) is 0 Å². The topological polar surface area (TPSA) is 41.6 Å². The zero-order chi connectivity index (χ0) is 16.6. The summed E-state index contributed by atoms with van der Waals surface area (Å²) >= 11 is 0. The first-order chi connectivity index (χ1) is 11.7. The van der Waals surface area contributed by atoms with E-state index in [4.69, 9.17) is 0 Å². The van der Waals surface area contributed by atoms with Gasteiger partial charge >= 0.3 is 0 Å². The van der Waals surface area contributed by atoms with E-state index < -0.39 is 0 Å². The lowest BCUT2D eigenvalue weighted by molar-refractivity contribution is 0.643. The van der Waals surface area contributed by atoms with Crippen molar-refractivity contribution in [2.24, 2.45) is 0 Å². The molecule has 0 amide bonds. The predicted molar refractivity (Wildman–Crippen MR) is 97.9 cm³/mol. The molecular formula is C21H19N3. The molecule has 24 heavy (non-hydrogen) atoms. The number of nitrogens with one attached hydrogen (secondary N) is 1. The van der Waals surface area contributed by atoms with Crippen molar-refractivity contribution < 1.29 is 0 Å². The minimum Gasteiger partial charge on any atom is -0.197 e. The minimum absolute atomic E-state index is 0.107. The van der Waals surface area contributed by atoms with Crippen molar-refractivity contribution in [1.82, 2.24) is 15.4 Å². The highest BCUT2D eigenvalue weighted by molar-refractivity contribution is 5.92. The molecule has 4 aromatic rings. The van der Waals surface area contributed by atoms with E-state index >= 15 is 0 Å². The molecule has 0 atom stereocenters. The third-order valence-corrected chi connectivity index (χ3v) is 4.73. The van der Waals surface area contributed by atoms with E-state index in [-0.39, 0.29) is 5.41 Å². The lowest BCUT2D eigenvalue weighted by Crippen LogP contribution is -2.19. The molecule has 0 fully saturated rings. The molecule has 1 heterocycles. The number of fused-ring (bicyclic) bond motifs is 1. The van der Waals surface area contributed by atoms with Crippen molar-refractivity contribution in [2.45, 2.75) is 19.3 Å². The Morgan fingerprint density at radius 1 is 0.708 bits per heavy atom. The predicted octanol–water partition coefficient (Wildman–Crippen LogP) is 4.95. The largest absolute Gasteiger partial charge is 0.197 e. The summed E-state index contributed by atoms with van der Waals surface area (Å²) in [6.07, 6.45) is 0. The average Bonchev–Trinajstić information content (AvgIpc) is 3.11. The van der Waals surface area contributed by atoms with Gasteiger partial charge in [-0.3, -0.25) is 0 Å². The Balaban J connectivity index is 1.95. The van der Waals surface area contributed by atoms with Crippen LogP contribution in [-0.2, 0) is 5.41 Å². The highest BCUT2D eigenvalue weighted by Crippen LogP contribution is 2.39. The maximum Gasteiger partial charge on any atom is 0.120 e. The van der Waals surface area contributed by atoms with E-state index in [0.717, 1.165) is 16.6 Å². The van der Waals surface area contributed by atoms with E-state index in [1.54, 1.807) is 0 Å². The van der Waals surface area contributed by atoms with E-state index in [1.807, 2.05) is 12.1 Å².